The van der Waals surface area contributed by atoms with E-state index in [0.29, 0.717) is 0 Å². The molecular formula is C9H16N. The minimum absolute atomic E-state index is 0.847. The quantitative estimate of drug-likeness (QED) is 0.540. The molecule has 1 nitrogen and oxygen atoms in total. The number of piperidine rings is 2. The average molecular weight is 138 g/mol. The Hall–Kier alpha value is -0.0400. The Balaban J connectivity index is 2.00. The SMILES string of the molecule is CC1CCC2CCC[C]1N2. The highest BCUT2D eigenvalue weighted by Crippen LogP contribution is 2.33. The molecule has 2 rings (SSSR count). The van der Waals surface area contributed by atoms with Gasteiger partial charge in [0.15, 0.2) is 0 Å². The second-order valence-corrected chi connectivity index (χ2v) is 3.74. The van der Waals surface area contributed by atoms with Gasteiger partial charge in [0.05, 0.1) is 0 Å². The van der Waals surface area contributed by atoms with Crippen molar-refractivity contribution in [1.82, 2.24) is 5.32 Å². The van der Waals surface area contributed by atoms with Crippen molar-refractivity contribution < 1.29 is 0 Å². The summed E-state index contributed by atoms with van der Waals surface area (Å²) in [4.78, 5) is 0. The van der Waals surface area contributed by atoms with E-state index in [1.807, 2.05) is 0 Å². The van der Waals surface area contributed by atoms with Crippen molar-refractivity contribution in [3.8, 4) is 0 Å². The highest BCUT2D eigenvalue weighted by atomic mass is 15.0. The molecule has 1 heteroatoms. The molecule has 2 aliphatic rings. The lowest BCUT2D eigenvalue weighted by atomic mass is 9.80. The fourth-order valence-electron chi connectivity index (χ4n) is 2.18. The van der Waals surface area contributed by atoms with Gasteiger partial charge in [-0.3, -0.25) is 0 Å². The van der Waals surface area contributed by atoms with Crippen molar-refractivity contribution in [2.75, 3.05) is 0 Å². The van der Waals surface area contributed by atoms with Crippen LogP contribution in [0.2, 0.25) is 0 Å². The average Bonchev–Trinajstić information content (AvgIpc) is 1.99. The fourth-order valence-corrected chi connectivity index (χ4v) is 2.18. The maximum Gasteiger partial charge on any atom is 0.0394 e. The van der Waals surface area contributed by atoms with E-state index in [1.165, 1.54) is 32.1 Å². The lowest BCUT2D eigenvalue weighted by Gasteiger charge is -2.39. The van der Waals surface area contributed by atoms with E-state index in [2.05, 4.69) is 12.2 Å². The Bertz CT molecular complexity index is 120. The maximum atomic E-state index is 3.62. The van der Waals surface area contributed by atoms with Crippen LogP contribution in [0.5, 0.6) is 0 Å². The normalized spacial score (nSPS) is 41.7. The van der Waals surface area contributed by atoms with Crippen LogP contribution in [0.25, 0.3) is 0 Å². The molecule has 0 aromatic carbocycles. The molecule has 2 saturated heterocycles. The molecule has 1 radical (unpaired) electrons. The first-order chi connectivity index (χ1) is 4.86. The molecule has 2 heterocycles. The van der Waals surface area contributed by atoms with Crippen LogP contribution in [0.15, 0.2) is 0 Å². The van der Waals surface area contributed by atoms with Crippen LogP contribution >= 0.6 is 0 Å². The second kappa shape index (κ2) is 2.54. The Morgan fingerprint density at radius 3 is 3.00 bits per heavy atom. The van der Waals surface area contributed by atoms with Gasteiger partial charge in [-0.1, -0.05) is 6.92 Å². The second-order valence-electron chi connectivity index (χ2n) is 3.74. The van der Waals surface area contributed by atoms with E-state index in [0.717, 1.165) is 12.0 Å². The van der Waals surface area contributed by atoms with Gasteiger partial charge in [0, 0.05) is 12.1 Å². The molecule has 2 bridgehead atoms. The molecule has 2 atom stereocenters. The minimum Gasteiger partial charge on any atom is -0.306 e. The van der Waals surface area contributed by atoms with Crippen molar-refractivity contribution in [3.63, 3.8) is 0 Å². The molecule has 2 aliphatic heterocycles. The zero-order chi connectivity index (χ0) is 6.97. The highest BCUT2D eigenvalue weighted by Gasteiger charge is 2.30. The Labute approximate surface area is 63.2 Å². The number of hydrogen-bond donors (Lipinski definition) is 1. The van der Waals surface area contributed by atoms with Crippen LogP contribution in [0.4, 0.5) is 0 Å². The first-order valence-electron chi connectivity index (χ1n) is 4.48. The third kappa shape index (κ3) is 1.07. The molecule has 0 saturated carbocycles. The summed E-state index contributed by atoms with van der Waals surface area (Å²) < 4.78 is 0. The molecule has 0 amide bonds. The van der Waals surface area contributed by atoms with Gasteiger partial charge < -0.3 is 5.32 Å². The molecule has 2 unspecified atom stereocenters. The molecule has 0 aliphatic carbocycles. The van der Waals surface area contributed by atoms with E-state index < -0.39 is 0 Å². The van der Waals surface area contributed by atoms with Crippen molar-refractivity contribution in [2.45, 2.75) is 45.1 Å². The van der Waals surface area contributed by atoms with Gasteiger partial charge in [0.25, 0.3) is 0 Å². The Kier molecular flexibility index (Phi) is 1.69. The monoisotopic (exact) mass is 138 g/mol. The summed E-state index contributed by atoms with van der Waals surface area (Å²) >= 11 is 0. The van der Waals surface area contributed by atoms with Crippen LogP contribution in [-0.4, -0.2) is 6.04 Å². The Morgan fingerprint density at radius 1 is 1.30 bits per heavy atom. The van der Waals surface area contributed by atoms with Crippen molar-refractivity contribution in [2.24, 2.45) is 5.92 Å². The smallest absolute Gasteiger partial charge is 0.0394 e. The topological polar surface area (TPSA) is 12.0 Å². The van der Waals surface area contributed by atoms with E-state index in [9.17, 15) is 0 Å². The van der Waals surface area contributed by atoms with E-state index >= 15 is 0 Å². The predicted molar refractivity (Wildman–Crippen MR) is 42.4 cm³/mol. The highest BCUT2D eigenvalue weighted by molar-refractivity contribution is 5.01. The summed E-state index contributed by atoms with van der Waals surface area (Å²) in [5, 5.41) is 3.62. The number of fused-ring (bicyclic) bond motifs is 2. The van der Waals surface area contributed by atoms with Crippen molar-refractivity contribution in [3.05, 3.63) is 6.04 Å². The summed E-state index contributed by atoms with van der Waals surface area (Å²) in [6, 6.07) is 2.49. The number of nitrogens with one attached hydrogen (secondary N) is 1. The molecule has 57 valence electrons. The summed E-state index contributed by atoms with van der Waals surface area (Å²) in [6.45, 7) is 2.35. The first-order valence-corrected chi connectivity index (χ1v) is 4.48. The van der Waals surface area contributed by atoms with E-state index in [1.54, 1.807) is 6.04 Å². The van der Waals surface area contributed by atoms with Crippen molar-refractivity contribution >= 4 is 0 Å². The van der Waals surface area contributed by atoms with Crippen LogP contribution < -0.4 is 5.32 Å². The summed E-state index contributed by atoms with van der Waals surface area (Å²) in [5.74, 6) is 0.858. The van der Waals surface area contributed by atoms with Gasteiger partial charge in [-0.2, -0.15) is 0 Å². The Morgan fingerprint density at radius 2 is 2.20 bits per heavy atom. The van der Waals surface area contributed by atoms with Crippen LogP contribution in [-0.2, 0) is 0 Å². The van der Waals surface area contributed by atoms with Gasteiger partial charge in [-0.25, -0.2) is 0 Å². The summed E-state index contributed by atoms with van der Waals surface area (Å²) in [7, 11) is 0. The summed E-state index contributed by atoms with van der Waals surface area (Å²) in [6.07, 6.45) is 7.02. The molecule has 0 spiro atoms. The number of hydrogen-bond acceptors (Lipinski definition) is 1. The minimum atomic E-state index is 0.847. The third-order valence-electron chi connectivity index (χ3n) is 2.93. The summed E-state index contributed by atoms with van der Waals surface area (Å²) in [5.41, 5.74) is 0. The molecule has 2 fully saturated rings. The van der Waals surface area contributed by atoms with Crippen molar-refractivity contribution in [1.29, 1.82) is 0 Å². The molecule has 0 aromatic heterocycles. The van der Waals surface area contributed by atoms with E-state index in [-0.39, 0.29) is 0 Å². The predicted octanol–water partition coefficient (Wildman–Crippen LogP) is 2.09. The zero-order valence-corrected chi connectivity index (χ0v) is 6.69. The molecule has 0 aromatic rings. The third-order valence-corrected chi connectivity index (χ3v) is 2.93. The van der Waals surface area contributed by atoms with Gasteiger partial charge in [-0.15, -0.1) is 0 Å². The van der Waals surface area contributed by atoms with Gasteiger partial charge in [0.2, 0.25) is 0 Å². The first kappa shape index (κ1) is 6.66. The molecule has 10 heavy (non-hydrogen) atoms. The lowest BCUT2D eigenvalue weighted by molar-refractivity contribution is 0.258. The zero-order valence-electron chi connectivity index (χ0n) is 6.69. The van der Waals surface area contributed by atoms with Crippen LogP contribution in [0.1, 0.15) is 39.0 Å². The fraction of sp³-hybridized carbons (Fsp3) is 0.889. The van der Waals surface area contributed by atoms with Crippen LogP contribution in [0, 0.1) is 12.0 Å². The van der Waals surface area contributed by atoms with Gasteiger partial charge in [-0.05, 0) is 38.0 Å². The maximum absolute atomic E-state index is 3.62. The molecule has 1 N–H and O–H groups in total. The standard InChI is InChI=1S/C9H16N/c1-7-5-6-8-3-2-4-9(7)10-8/h7-8,10H,2-6H2,1H3. The van der Waals surface area contributed by atoms with Gasteiger partial charge >= 0.3 is 0 Å². The largest absolute Gasteiger partial charge is 0.306 e. The van der Waals surface area contributed by atoms with Crippen LogP contribution in [0.3, 0.4) is 0 Å². The molecular weight excluding hydrogens is 122 g/mol. The lowest BCUT2D eigenvalue weighted by Crippen LogP contribution is -2.44. The van der Waals surface area contributed by atoms with E-state index in [4.69, 9.17) is 0 Å². The number of rotatable bonds is 0. The van der Waals surface area contributed by atoms with Gasteiger partial charge in [0.1, 0.15) is 0 Å².